The molecule has 0 bridgehead atoms. The van der Waals surface area contributed by atoms with Crippen molar-refractivity contribution < 1.29 is 13.9 Å². The zero-order chi connectivity index (χ0) is 26.2. The Morgan fingerprint density at radius 1 is 0.974 bits per heavy atom. The third kappa shape index (κ3) is 4.47. The van der Waals surface area contributed by atoms with E-state index < -0.39 is 0 Å². The van der Waals surface area contributed by atoms with Crippen molar-refractivity contribution in [3.05, 3.63) is 101 Å². The molecule has 38 heavy (non-hydrogen) atoms. The predicted octanol–water partition coefficient (Wildman–Crippen LogP) is 6.42. The van der Waals surface area contributed by atoms with E-state index in [1.165, 1.54) is 12.1 Å². The normalized spacial score (nSPS) is 13.1. The summed E-state index contributed by atoms with van der Waals surface area (Å²) in [7, 11) is 1.87. The number of H-pyrrole nitrogens is 1. The fourth-order valence-corrected chi connectivity index (χ4v) is 4.92. The van der Waals surface area contributed by atoms with Crippen LogP contribution in [0.15, 0.2) is 78.9 Å². The third-order valence-corrected chi connectivity index (χ3v) is 7.01. The number of halogens is 1. The highest BCUT2D eigenvalue weighted by molar-refractivity contribution is 5.96. The summed E-state index contributed by atoms with van der Waals surface area (Å²) in [6.45, 7) is 3.40. The van der Waals surface area contributed by atoms with Gasteiger partial charge in [-0.25, -0.2) is 9.37 Å². The Hall–Kier alpha value is -4.65. The molecule has 0 fully saturated rings. The summed E-state index contributed by atoms with van der Waals surface area (Å²) < 4.78 is 19.5. The molecule has 7 heteroatoms. The number of imidazole rings is 1. The molecule has 4 aromatic carbocycles. The molecular formula is C31H27FN4O2. The number of amides is 1. The molecular weight excluding hydrogens is 479 g/mol. The van der Waals surface area contributed by atoms with E-state index in [1.54, 1.807) is 6.07 Å². The van der Waals surface area contributed by atoms with Crippen molar-refractivity contribution >= 4 is 22.6 Å². The first kappa shape index (κ1) is 23.7. The Labute approximate surface area is 220 Å². The van der Waals surface area contributed by atoms with Gasteiger partial charge in [-0.05, 0) is 72.1 Å². The van der Waals surface area contributed by atoms with E-state index in [-0.39, 0.29) is 11.7 Å². The molecule has 0 radical (unpaired) electrons. The van der Waals surface area contributed by atoms with Gasteiger partial charge < -0.3 is 19.9 Å². The number of nitrogens with one attached hydrogen (secondary N) is 2. The molecule has 2 heterocycles. The number of hydrogen-bond donors (Lipinski definition) is 2. The van der Waals surface area contributed by atoms with Crippen molar-refractivity contribution in [2.75, 3.05) is 25.5 Å². The van der Waals surface area contributed by atoms with Gasteiger partial charge >= 0.3 is 0 Å². The molecule has 6 rings (SSSR count). The second-order valence-corrected chi connectivity index (χ2v) is 9.50. The molecule has 5 aromatic rings. The van der Waals surface area contributed by atoms with Crippen LogP contribution in [0.5, 0.6) is 5.75 Å². The molecule has 0 unspecified atom stereocenters. The van der Waals surface area contributed by atoms with E-state index in [2.05, 4.69) is 21.4 Å². The van der Waals surface area contributed by atoms with E-state index in [0.717, 1.165) is 44.8 Å². The molecule has 1 aliphatic rings. The van der Waals surface area contributed by atoms with Crippen LogP contribution in [-0.4, -0.2) is 41.0 Å². The first-order valence-electron chi connectivity index (χ1n) is 12.6. The van der Waals surface area contributed by atoms with Crippen molar-refractivity contribution in [1.29, 1.82) is 0 Å². The SMILES string of the molecule is CNc1ccc(C(=O)N2CCOc3ccc(-c4ccc(-c5nc6ccc(F)cc6[nH]5)cc4)cc3C2)c(C)c1. The van der Waals surface area contributed by atoms with Crippen molar-refractivity contribution in [1.82, 2.24) is 14.9 Å². The number of hydrogen-bond acceptors (Lipinski definition) is 4. The maximum absolute atomic E-state index is 13.6. The van der Waals surface area contributed by atoms with Crippen LogP contribution in [0.25, 0.3) is 33.5 Å². The average molecular weight is 507 g/mol. The first-order chi connectivity index (χ1) is 18.5. The molecule has 1 aliphatic heterocycles. The van der Waals surface area contributed by atoms with Crippen molar-refractivity contribution in [2.45, 2.75) is 13.5 Å². The highest BCUT2D eigenvalue weighted by Gasteiger charge is 2.23. The molecule has 0 atom stereocenters. The van der Waals surface area contributed by atoms with Gasteiger partial charge in [-0.15, -0.1) is 0 Å². The van der Waals surface area contributed by atoms with E-state index in [4.69, 9.17) is 4.74 Å². The lowest BCUT2D eigenvalue weighted by Gasteiger charge is -2.21. The number of fused-ring (bicyclic) bond motifs is 2. The molecule has 0 saturated carbocycles. The maximum Gasteiger partial charge on any atom is 0.254 e. The zero-order valence-electron chi connectivity index (χ0n) is 21.2. The zero-order valence-corrected chi connectivity index (χ0v) is 21.2. The average Bonchev–Trinajstić information content (AvgIpc) is 3.23. The number of aromatic amines is 1. The van der Waals surface area contributed by atoms with Crippen LogP contribution in [0.4, 0.5) is 10.1 Å². The van der Waals surface area contributed by atoms with Gasteiger partial charge in [-0.2, -0.15) is 0 Å². The Morgan fingerprint density at radius 3 is 2.55 bits per heavy atom. The van der Waals surface area contributed by atoms with E-state index in [0.29, 0.717) is 36.6 Å². The van der Waals surface area contributed by atoms with Gasteiger partial charge in [0.15, 0.2) is 0 Å². The second-order valence-electron chi connectivity index (χ2n) is 9.50. The summed E-state index contributed by atoms with van der Waals surface area (Å²) in [5.41, 5.74) is 7.98. The molecule has 0 saturated heterocycles. The number of carbonyl (C=O) groups excluding carboxylic acids is 1. The fourth-order valence-electron chi connectivity index (χ4n) is 4.92. The van der Waals surface area contributed by atoms with Crippen LogP contribution in [0, 0.1) is 12.7 Å². The van der Waals surface area contributed by atoms with Crippen molar-refractivity contribution in [3.8, 4) is 28.3 Å². The number of aromatic nitrogens is 2. The number of ether oxygens (including phenoxy) is 1. The van der Waals surface area contributed by atoms with E-state index >= 15 is 0 Å². The standard InChI is InChI=1S/C31H27FN4O2/c1-19-15-25(33-2)9-10-26(19)31(37)36-13-14-38-29-12-7-22(16-23(29)18-36)20-3-5-21(6-4-20)30-34-27-11-8-24(32)17-28(27)35-30/h3-12,15-17,33H,13-14,18H2,1-2H3,(H,34,35). The Morgan fingerprint density at radius 2 is 1.76 bits per heavy atom. The number of rotatable bonds is 4. The minimum atomic E-state index is -0.294. The molecule has 0 aliphatic carbocycles. The second kappa shape index (κ2) is 9.67. The lowest BCUT2D eigenvalue weighted by atomic mass is 10.0. The fraction of sp³-hybridized carbons (Fsp3) is 0.161. The van der Waals surface area contributed by atoms with E-state index in [1.807, 2.05) is 73.5 Å². The monoisotopic (exact) mass is 506 g/mol. The third-order valence-electron chi connectivity index (χ3n) is 7.01. The summed E-state index contributed by atoms with van der Waals surface area (Å²) in [6.07, 6.45) is 0. The quantitative estimate of drug-likeness (QED) is 0.295. The maximum atomic E-state index is 13.6. The van der Waals surface area contributed by atoms with Gasteiger partial charge in [-0.3, -0.25) is 4.79 Å². The number of nitrogens with zero attached hydrogens (tertiary/aromatic N) is 2. The van der Waals surface area contributed by atoms with Crippen LogP contribution >= 0.6 is 0 Å². The van der Waals surface area contributed by atoms with Gasteiger partial charge in [0.05, 0.1) is 17.6 Å². The molecule has 0 spiro atoms. The Balaban J connectivity index is 1.25. The summed E-state index contributed by atoms with van der Waals surface area (Å²) in [5.74, 6) is 1.21. The number of anilines is 1. The summed E-state index contributed by atoms with van der Waals surface area (Å²) in [4.78, 5) is 23.0. The molecule has 2 N–H and O–H groups in total. The van der Waals surface area contributed by atoms with Crippen LogP contribution in [0.3, 0.4) is 0 Å². The number of carbonyl (C=O) groups is 1. The largest absolute Gasteiger partial charge is 0.491 e. The Kier molecular flexibility index (Phi) is 6.04. The van der Waals surface area contributed by atoms with Crippen LogP contribution in [-0.2, 0) is 6.54 Å². The topological polar surface area (TPSA) is 70.2 Å². The van der Waals surface area contributed by atoms with Gasteiger partial charge in [0, 0.05) is 36.0 Å². The molecule has 6 nitrogen and oxygen atoms in total. The minimum Gasteiger partial charge on any atom is -0.491 e. The lowest BCUT2D eigenvalue weighted by Crippen LogP contribution is -2.32. The number of benzene rings is 4. The van der Waals surface area contributed by atoms with Crippen molar-refractivity contribution in [3.63, 3.8) is 0 Å². The lowest BCUT2D eigenvalue weighted by molar-refractivity contribution is 0.0732. The van der Waals surface area contributed by atoms with Crippen LogP contribution < -0.4 is 10.1 Å². The molecule has 1 aromatic heterocycles. The smallest absolute Gasteiger partial charge is 0.254 e. The first-order valence-corrected chi connectivity index (χ1v) is 12.6. The van der Waals surface area contributed by atoms with Crippen LogP contribution in [0.2, 0.25) is 0 Å². The highest BCUT2D eigenvalue weighted by Crippen LogP contribution is 2.31. The van der Waals surface area contributed by atoms with Gasteiger partial charge in [-0.1, -0.05) is 30.3 Å². The summed E-state index contributed by atoms with van der Waals surface area (Å²) in [6, 6.07) is 24.5. The minimum absolute atomic E-state index is 0.00192. The summed E-state index contributed by atoms with van der Waals surface area (Å²) >= 11 is 0. The number of aryl methyl sites for hydroxylation is 1. The Bertz CT molecular complexity index is 1660. The van der Waals surface area contributed by atoms with Crippen LogP contribution in [0.1, 0.15) is 21.5 Å². The molecule has 190 valence electrons. The summed E-state index contributed by atoms with van der Waals surface area (Å²) in [5, 5.41) is 3.12. The predicted molar refractivity (Wildman–Crippen MR) is 148 cm³/mol. The van der Waals surface area contributed by atoms with Gasteiger partial charge in [0.2, 0.25) is 0 Å². The van der Waals surface area contributed by atoms with Gasteiger partial charge in [0.1, 0.15) is 24.0 Å². The van der Waals surface area contributed by atoms with E-state index in [9.17, 15) is 9.18 Å². The van der Waals surface area contributed by atoms with Gasteiger partial charge in [0.25, 0.3) is 5.91 Å². The van der Waals surface area contributed by atoms with Crippen molar-refractivity contribution in [2.24, 2.45) is 0 Å². The molecule has 1 amide bonds. The highest BCUT2D eigenvalue weighted by atomic mass is 19.1.